The van der Waals surface area contributed by atoms with Crippen molar-refractivity contribution in [1.29, 1.82) is 0 Å². The van der Waals surface area contributed by atoms with Crippen LogP contribution in [0.5, 0.6) is 5.88 Å². The zero-order valence-electron chi connectivity index (χ0n) is 26.9. The summed E-state index contributed by atoms with van der Waals surface area (Å²) in [6, 6.07) is 8.13. The molecule has 4 rings (SSSR count). The molecule has 1 aromatic carbocycles. The van der Waals surface area contributed by atoms with Gasteiger partial charge in [0, 0.05) is 50.3 Å². The molecule has 0 aliphatic carbocycles. The number of likely N-dealkylation sites (N-methyl/N-ethyl adjacent to an activating group) is 1. The quantitative estimate of drug-likeness (QED) is 0.195. The molecule has 2 saturated heterocycles. The molecular weight excluding hydrogens is 598 g/mol. The van der Waals surface area contributed by atoms with E-state index in [1.807, 2.05) is 50.1 Å². The topological polar surface area (TPSA) is 171 Å². The first-order chi connectivity index (χ1) is 21.3. The molecular formula is C32H49N5O7S. The van der Waals surface area contributed by atoms with Gasteiger partial charge in [0.2, 0.25) is 17.7 Å². The lowest BCUT2D eigenvalue weighted by Gasteiger charge is -2.38. The maximum absolute atomic E-state index is 13.0. The summed E-state index contributed by atoms with van der Waals surface area (Å²) in [6.45, 7) is 10.2. The van der Waals surface area contributed by atoms with Crippen molar-refractivity contribution in [3.63, 3.8) is 0 Å². The number of H-pyrrole nitrogens is 1. The van der Waals surface area contributed by atoms with Crippen LogP contribution in [0.25, 0.3) is 0 Å². The fourth-order valence-electron chi connectivity index (χ4n) is 5.73. The number of nitrogens with zero attached hydrogens (tertiary/aromatic N) is 3. The first kappa shape index (κ1) is 35.2. The van der Waals surface area contributed by atoms with Crippen molar-refractivity contribution in [3.8, 4) is 5.88 Å². The van der Waals surface area contributed by atoms with E-state index < -0.39 is 34.5 Å². The lowest BCUT2D eigenvalue weighted by Crippen LogP contribution is -2.59. The Balaban J connectivity index is 1.32. The van der Waals surface area contributed by atoms with Gasteiger partial charge >= 0.3 is 0 Å². The number of aryl methyl sites for hydroxylation is 1. The van der Waals surface area contributed by atoms with E-state index in [1.165, 1.54) is 0 Å². The predicted octanol–water partition coefficient (Wildman–Crippen LogP) is 1.01. The van der Waals surface area contributed by atoms with E-state index in [-0.39, 0.29) is 24.3 Å². The summed E-state index contributed by atoms with van der Waals surface area (Å²) in [7, 11) is 2.04. The molecule has 5 atom stereocenters. The number of thioether (sulfide) groups is 1. The van der Waals surface area contributed by atoms with Gasteiger partial charge in [0.25, 0.3) is 0 Å². The molecule has 0 bridgehead atoms. The number of rotatable bonds is 12. The fourth-order valence-corrected chi connectivity index (χ4v) is 6.95. The van der Waals surface area contributed by atoms with E-state index in [0.717, 1.165) is 53.7 Å². The van der Waals surface area contributed by atoms with E-state index in [0.29, 0.717) is 38.2 Å². The standard InChI is InChI=1S/C32H49N5O7S/c1-19(2)25-22(29(35-34-25)44-30-28(42)27(41)26(40)23(18-38)45-30)17-21-11-9-20(10-12-21)7-6-8-24(39)33-32(3,4)31(43)37-15-13-36(5)14-16-37/h9-12,19,23,26-28,30,38,40-42H,6-8,13-18H2,1-5H3,(H,33,39)(H,34,35)/t23-,26-,27?,28-,30-/m1/s1. The molecule has 2 aromatic rings. The number of nitrogens with one attached hydrogen (secondary N) is 2. The number of hydrogen-bond donors (Lipinski definition) is 6. The number of carbonyl (C=O) groups excluding carboxylic acids is 2. The molecule has 0 saturated carbocycles. The third kappa shape index (κ3) is 8.78. The van der Waals surface area contributed by atoms with Crippen LogP contribution in [-0.4, -0.2) is 127 Å². The van der Waals surface area contributed by atoms with Crippen molar-refractivity contribution in [2.24, 2.45) is 0 Å². The van der Waals surface area contributed by atoms with Crippen molar-refractivity contribution >= 4 is 23.6 Å². The summed E-state index contributed by atoms with van der Waals surface area (Å²) in [5, 5.41) is 50.2. The second kappa shape index (κ2) is 15.3. The second-order valence-corrected chi connectivity index (χ2v) is 14.3. The van der Waals surface area contributed by atoms with Crippen molar-refractivity contribution in [2.45, 2.75) is 93.8 Å². The van der Waals surface area contributed by atoms with Crippen LogP contribution >= 0.6 is 11.8 Å². The Morgan fingerprint density at radius 2 is 1.71 bits per heavy atom. The summed E-state index contributed by atoms with van der Waals surface area (Å²) in [6.07, 6.45) is -1.87. The zero-order valence-corrected chi connectivity index (χ0v) is 27.7. The monoisotopic (exact) mass is 647 g/mol. The number of ether oxygens (including phenoxy) is 1. The largest absolute Gasteiger partial charge is 0.459 e. The van der Waals surface area contributed by atoms with Crippen molar-refractivity contribution in [1.82, 2.24) is 25.3 Å². The lowest BCUT2D eigenvalue weighted by molar-refractivity contribution is -0.141. The number of benzene rings is 1. The van der Waals surface area contributed by atoms with Crippen LogP contribution in [0.15, 0.2) is 24.3 Å². The van der Waals surface area contributed by atoms with Gasteiger partial charge in [-0.3, -0.25) is 14.7 Å². The van der Waals surface area contributed by atoms with E-state index >= 15 is 0 Å². The number of aliphatic hydroxyl groups excluding tert-OH is 4. The first-order valence-electron chi connectivity index (χ1n) is 15.7. The molecule has 12 nitrogen and oxygen atoms in total. The summed E-state index contributed by atoms with van der Waals surface area (Å²) >= 11 is 1.07. The summed E-state index contributed by atoms with van der Waals surface area (Å²) < 4.78 is 6.06. The maximum Gasteiger partial charge on any atom is 0.247 e. The summed E-state index contributed by atoms with van der Waals surface area (Å²) in [4.78, 5) is 29.7. The fraction of sp³-hybridized carbons (Fsp3) is 0.656. The molecule has 3 heterocycles. The van der Waals surface area contributed by atoms with Crippen LogP contribution in [-0.2, 0) is 22.4 Å². The van der Waals surface area contributed by atoms with Gasteiger partial charge in [-0.25, -0.2) is 0 Å². The van der Waals surface area contributed by atoms with Crippen LogP contribution in [0.1, 0.15) is 68.8 Å². The molecule has 45 heavy (non-hydrogen) atoms. The number of amides is 2. The predicted molar refractivity (Wildman–Crippen MR) is 172 cm³/mol. The molecule has 1 unspecified atom stereocenters. The first-order valence-corrected chi connectivity index (χ1v) is 16.7. The van der Waals surface area contributed by atoms with Gasteiger partial charge in [0.05, 0.1) is 18.0 Å². The molecule has 2 aliphatic heterocycles. The van der Waals surface area contributed by atoms with E-state index in [4.69, 9.17) is 4.74 Å². The maximum atomic E-state index is 13.0. The Kier molecular flexibility index (Phi) is 11.9. The third-order valence-corrected chi connectivity index (χ3v) is 9.99. The summed E-state index contributed by atoms with van der Waals surface area (Å²) in [5.41, 5.74) is 1.97. The molecule has 2 amide bonds. The molecule has 13 heteroatoms. The molecule has 0 radical (unpaired) electrons. The minimum atomic E-state index is -1.45. The number of piperazine rings is 1. The minimum Gasteiger partial charge on any atom is -0.459 e. The van der Waals surface area contributed by atoms with Crippen LogP contribution in [0.3, 0.4) is 0 Å². The minimum absolute atomic E-state index is 0.0502. The Bertz CT molecular complexity index is 1280. The van der Waals surface area contributed by atoms with Crippen molar-refractivity contribution < 1.29 is 34.8 Å². The van der Waals surface area contributed by atoms with Gasteiger partial charge in [-0.15, -0.1) is 16.9 Å². The Morgan fingerprint density at radius 1 is 1.07 bits per heavy atom. The molecule has 1 aromatic heterocycles. The second-order valence-electron chi connectivity index (χ2n) is 13.0. The smallest absolute Gasteiger partial charge is 0.247 e. The highest BCUT2D eigenvalue weighted by Crippen LogP contribution is 2.36. The van der Waals surface area contributed by atoms with Gasteiger partial charge < -0.3 is 40.3 Å². The average Bonchev–Trinajstić information content (AvgIpc) is 3.40. The molecule has 2 fully saturated rings. The van der Waals surface area contributed by atoms with E-state index in [9.17, 15) is 30.0 Å². The number of aliphatic hydroxyl groups is 4. The normalized spacial score (nSPS) is 24.6. The highest BCUT2D eigenvalue weighted by molar-refractivity contribution is 8.00. The SMILES string of the molecule is CC(C)c1[nH]nc(O[C@@H]2S[C@H](CO)[C@@H](O)C(O)[C@H]2O)c1Cc1ccc(CCCC(=O)NC(C)(C)C(=O)N2CCN(C)CC2)cc1. The molecule has 250 valence electrons. The number of aromatic amines is 1. The average molecular weight is 648 g/mol. The Labute approximate surface area is 269 Å². The van der Waals surface area contributed by atoms with Crippen LogP contribution < -0.4 is 10.1 Å². The van der Waals surface area contributed by atoms with Crippen LogP contribution in [0.2, 0.25) is 0 Å². The van der Waals surface area contributed by atoms with Gasteiger partial charge in [-0.05, 0) is 50.8 Å². The zero-order chi connectivity index (χ0) is 32.9. The van der Waals surface area contributed by atoms with Crippen molar-refractivity contribution in [3.05, 3.63) is 46.6 Å². The van der Waals surface area contributed by atoms with Gasteiger partial charge in [0.15, 0.2) is 5.44 Å². The summed E-state index contributed by atoms with van der Waals surface area (Å²) in [5.74, 6) is 0.241. The number of carbonyl (C=O) groups is 2. The Morgan fingerprint density at radius 3 is 2.33 bits per heavy atom. The van der Waals surface area contributed by atoms with E-state index in [2.05, 4.69) is 20.4 Å². The Hall–Kier alpha value is -2.68. The molecule has 2 aliphatic rings. The van der Waals surface area contributed by atoms with Crippen molar-refractivity contribution in [2.75, 3.05) is 39.8 Å². The highest BCUT2D eigenvalue weighted by Gasteiger charge is 2.45. The van der Waals surface area contributed by atoms with E-state index in [1.54, 1.807) is 13.8 Å². The van der Waals surface area contributed by atoms with Crippen LogP contribution in [0, 0.1) is 0 Å². The lowest BCUT2D eigenvalue weighted by atomic mass is 9.98. The number of hydrogen-bond acceptors (Lipinski definition) is 10. The number of aromatic nitrogens is 2. The van der Waals surface area contributed by atoms with Gasteiger partial charge in [-0.2, -0.15) is 0 Å². The van der Waals surface area contributed by atoms with Gasteiger partial charge in [-0.1, -0.05) is 38.1 Å². The molecule has 0 spiro atoms. The molecule has 6 N–H and O–H groups in total. The highest BCUT2D eigenvalue weighted by atomic mass is 32.2. The third-order valence-electron chi connectivity index (χ3n) is 8.56. The van der Waals surface area contributed by atoms with Gasteiger partial charge in [0.1, 0.15) is 17.7 Å². The van der Waals surface area contributed by atoms with Crippen LogP contribution in [0.4, 0.5) is 0 Å².